The molecule has 1 rings (SSSR count). The van der Waals surface area contributed by atoms with Gasteiger partial charge in [-0.3, -0.25) is 0 Å². The number of aliphatic hydroxyl groups is 1. The van der Waals surface area contributed by atoms with Gasteiger partial charge in [-0.1, -0.05) is 31.2 Å². The monoisotopic (exact) mass is 172 g/mol. The Balaban J connectivity index is 3.14. The Morgan fingerprint density at radius 2 is 1.92 bits per heavy atom. The molecule has 0 spiro atoms. The standard InChI is InChI=1S/C9H10F2O/c1-2-7-5-3-4-6-8(7)9(10,11)12/h3-6,12H,2H2,1H3. The third-order valence-electron chi connectivity index (χ3n) is 1.72. The molecule has 0 saturated carbocycles. The molecular formula is C9H10F2O. The number of hydrogen-bond donors (Lipinski definition) is 1. The van der Waals surface area contributed by atoms with E-state index in [0.717, 1.165) is 0 Å². The van der Waals surface area contributed by atoms with Crippen molar-refractivity contribution in [1.82, 2.24) is 0 Å². The van der Waals surface area contributed by atoms with Gasteiger partial charge in [-0.2, -0.15) is 8.78 Å². The van der Waals surface area contributed by atoms with Crippen LogP contribution in [0.5, 0.6) is 0 Å². The first-order chi connectivity index (χ1) is 5.55. The van der Waals surface area contributed by atoms with Gasteiger partial charge in [0.2, 0.25) is 0 Å². The number of benzene rings is 1. The summed E-state index contributed by atoms with van der Waals surface area (Å²) < 4.78 is 24.9. The average molecular weight is 172 g/mol. The van der Waals surface area contributed by atoms with Crippen LogP contribution in [0.3, 0.4) is 0 Å². The fourth-order valence-corrected chi connectivity index (χ4v) is 1.12. The Kier molecular flexibility index (Phi) is 2.43. The second kappa shape index (κ2) is 3.19. The fraction of sp³-hybridized carbons (Fsp3) is 0.333. The van der Waals surface area contributed by atoms with Gasteiger partial charge < -0.3 is 5.11 Å². The third kappa shape index (κ3) is 1.80. The van der Waals surface area contributed by atoms with Gasteiger partial charge in [-0.05, 0) is 12.0 Å². The molecule has 0 atom stereocenters. The van der Waals surface area contributed by atoms with Crippen LogP contribution in [0, 0.1) is 0 Å². The highest BCUT2D eigenvalue weighted by molar-refractivity contribution is 5.29. The van der Waals surface area contributed by atoms with Gasteiger partial charge in [0, 0.05) is 0 Å². The number of rotatable bonds is 2. The van der Waals surface area contributed by atoms with Crippen molar-refractivity contribution in [3.8, 4) is 0 Å². The molecule has 1 nitrogen and oxygen atoms in total. The molecule has 0 unspecified atom stereocenters. The van der Waals surface area contributed by atoms with Crippen LogP contribution < -0.4 is 0 Å². The average Bonchev–Trinajstić information content (AvgIpc) is 2.03. The number of aryl methyl sites for hydroxylation is 1. The summed E-state index contributed by atoms with van der Waals surface area (Å²) in [5.74, 6) is 0. The minimum Gasteiger partial charge on any atom is -0.332 e. The lowest BCUT2D eigenvalue weighted by atomic mass is 10.0. The molecule has 0 radical (unpaired) electrons. The molecule has 1 aromatic rings. The van der Waals surface area contributed by atoms with Crippen molar-refractivity contribution >= 4 is 0 Å². The first-order valence-corrected chi connectivity index (χ1v) is 3.74. The second-order valence-corrected chi connectivity index (χ2v) is 2.55. The zero-order chi connectivity index (χ0) is 9.19. The van der Waals surface area contributed by atoms with E-state index in [-0.39, 0.29) is 5.56 Å². The highest BCUT2D eigenvalue weighted by Crippen LogP contribution is 2.27. The molecule has 1 aromatic carbocycles. The lowest BCUT2D eigenvalue weighted by molar-refractivity contribution is -0.209. The molecular weight excluding hydrogens is 162 g/mol. The lowest BCUT2D eigenvalue weighted by Crippen LogP contribution is -2.13. The summed E-state index contributed by atoms with van der Waals surface area (Å²) >= 11 is 0. The van der Waals surface area contributed by atoms with Crippen molar-refractivity contribution in [2.24, 2.45) is 0 Å². The molecule has 0 bridgehead atoms. The van der Waals surface area contributed by atoms with Crippen LogP contribution >= 0.6 is 0 Å². The van der Waals surface area contributed by atoms with E-state index in [1.165, 1.54) is 12.1 Å². The summed E-state index contributed by atoms with van der Waals surface area (Å²) in [4.78, 5) is 0. The molecule has 0 aliphatic heterocycles. The van der Waals surface area contributed by atoms with E-state index in [1.54, 1.807) is 19.1 Å². The molecule has 0 aromatic heterocycles. The van der Waals surface area contributed by atoms with Crippen LogP contribution in [0.1, 0.15) is 18.1 Å². The maximum Gasteiger partial charge on any atom is 0.381 e. The smallest absolute Gasteiger partial charge is 0.332 e. The van der Waals surface area contributed by atoms with Crippen LogP contribution in [-0.4, -0.2) is 5.11 Å². The van der Waals surface area contributed by atoms with E-state index >= 15 is 0 Å². The molecule has 0 heterocycles. The van der Waals surface area contributed by atoms with Gasteiger partial charge in [-0.15, -0.1) is 0 Å². The van der Waals surface area contributed by atoms with E-state index in [4.69, 9.17) is 5.11 Å². The quantitative estimate of drug-likeness (QED) is 0.725. The summed E-state index contributed by atoms with van der Waals surface area (Å²) in [5.41, 5.74) is 0.178. The zero-order valence-electron chi connectivity index (χ0n) is 6.72. The molecule has 1 N–H and O–H groups in total. The van der Waals surface area contributed by atoms with Gasteiger partial charge in [-0.25, -0.2) is 0 Å². The number of halogens is 2. The Labute approximate surface area is 69.7 Å². The van der Waals surface area contributed by atoms with Crippen molar-refractivity contribution in [2.45, 2.75) is 19.5 Å². The van der Waals surface area contributed by atoms with Gasteiger partial charge in [0.25, 0.3) is 0 Å². The predicted octanol–water partition coefficient (Wildman–Crippen LogP) is 2.29. The molecule has 12 heavy (non-hydrogen) atoms. The van der Waals surface area contributed by atoms with Crippen molar-refractivity contribution in [3.63, 3.8) is 0 Å². The summed E-state index contributed by atoms with van der Waals surface area (Å²) in [6, 6.07) is 5.98. The van der Waals surface area contributed by atoms with Crippen molar-refractivity contribution < 1.29 is 13.9 Å². The Bertz CT molecular complexity index is 265. The SMILES string of the molecule is CCc1ccccc1C(O)(F)F. The topological polar surface area (TPSA) is 20.2 Å². The van der Waals surface area contributed by atoms with Crippen LogP contribution in [0.25, 0.3) is 0 Å². The minimum absolute atomic E-state index is 0.299. The largest absolute Gasteiger partial charge is 0.381 e. The van der Waals surface area contributed by atoms with Gasteiger partial charge >= 0.3 is 6.11 Å². The second-order valence-electron chi connectivity index (χ2n) is 2.55. The van der Waals surface area contributed by atoms with Crippen molar-refractivity contribution in [1.29, 1.82) is 0 Å². The van der Waals surface area contributed by atoms with Crippen molar-refractivity contribution in [2.75, 3.05) is 0 Å². The van der Waals surface area contributed by atoms with Crippen LogP contribution in [0.2, 0.25) is 0 Å². The summed E-state index contributed by atoms with van der Waals surface area (Å²) in [7, 11) is 0. The van der Waals surface area contributed by atoms with E-state index in [0.29, 0.717) is 12.0 Å². The van der Waals surface area contributed by atoms with Gasteiger partial charge in [0.05, 0.1) is 5.56 Å². The summed E-state index contributed by atoms with van der Waals surface area (Å²) in [6.07, 6.45) is -3.22. The number of hydrogen-bond acceptors (Lipinski definition) is 1. The maximum absolute atomic E-state index is 12.5. The zero-order valence-corrected chi connectivity index (χ0v) is 6.72. The van der Waals surface area contributed by atoms with Crippen LogP contribution in [0.4, 0.5) is 8.78 Å². The van der Waals surface area contributed by atoms with E-state index in [1.807, 2.05) is 0 Å². The van der Waals surface area contributed by atoms with Crippen molar-refractivity contribution in [3.05, 3.63) is 35.4 Å². The van der Waals surface area contributed by atoms with E-state index in [2.05, 4.69) is 0 Å². The molecule has 0 aliphatic carbocycles. The maximum atomic E-state index is 12.5. The molecule has 0 fully saturated rings. The Hall–Kier alpha value is -0.960. The highest BCUT2D eigenvalue weighted by Gasteiger charge is 2.29. The van der Waals surface area contributed by atoms with E-state index < -0.39 is 6.11 Å². The Morgan fingerprint density at radius 3 is 2.33 bits per heavy atom. The lowest BCUT2D eigenvalue weighted by Gasteiger charge is -2.12. The summed E-state index contributed by atoms with van der Waals surface area (Å²) in [5, 5.41) is 8.47. The third-order valence-corrected chi connectivity index (χ3v) is 1.72. The number of alkyl halides is 2. The molecule has 3 heteroatoms. The van der Waals surface area contributed by atoms with Gasteiger partial charge in [0.15, 0.2) is 0 Å². The molecule has 0 saturated heterocycles. The first kappa shape index (κ1) is 9.13. The normalized spacial score (nSPS) is 11.7. The van der Waals surface area contributed by atoms with E-state index in [9.17, 15) is 8.78 Å². The molecule has 0 aliphatic rings. The first-order valence-electron chi connectivity index (χ1n) is 3.74. The van der Waals surface area contributed by atoms with Crippen LogP contribution in [-0.2, 0) is 12.5 Å². The van der Waals surface area contributed by atoms with Crippen LogP contribution in [0.15, 0.2) is 24.3 Å². The van der Waals surface area contributed by atoms with Gasteiger partial charge in [0.1, 0.15) is 0 Å². The molecule has 0 amide bonds. The Morgan fingerprint density at radius 1 is 1.33 bits per heavy atom. The summed E-state index contributed by atoms with van der Waals surface area (Å²) in [6.45, 7) is 1.77. The molecule has 66 valence electrons. The minimum atomic E-state index is -3.72. The predicted molar refractivity (Wildman–Crippen MR) is 41.9 cm³/mol. The highest BCUT2D eigenvalue weighted by atomic mass is 19.3. The fourth-order valence-electron chi connectivity index (χ4n) is 1.12.